The minimum atomic E-state index is -0.740. The Morgan fingerprint density at radius 2 is 1.65 bits per heavy atom. The normalized spacial score (nSPS) is 14.5. The maximum absolute atomic E-state index is 12.3. The first kappa shape index (κ1) is 20.6. The Hall–Kier alpha value is -1.76. The molecule has 7 heteroatoms. The van der Waals surface area contributed by atoms with Crippen molar-refractivity contribution in [3.63, 3.8) is 0 Å². The summed E-state index contributed by atoms with van der Waals surface area (Å²) in [5.41, 5.74) is 0.868. The zero-order valence-electron chi connectivity index (χ0n) is 16.1. The summed E-state index contributed by atoms with van der Waals surface area (Å²) in [6, 6.07) is 3.53. The molecule has 0 unspecified atom stereocenters. The fourth-order valence-corrected chi connectivity index (χ4v) is 3.11. The quantitative estimate of drug-likeness (QED) is 0.462. The second-order valence-corrected chi connectivity index (χ2v) is 9.12. The van der Waals surface area contributed by atoms with Crippen molar-refractivity contribution in [3.8, 4) is 5.75 Å². The van der Waals surface area contributed by atoms with E-state index in [1.54, 1.807) is 31.7 Å². The molecule has 0 aromatic heterocycles. The smallest absolute Gasteiger partial charge is 0.444 e. The van der Waals surface area contributed by atoms with Gasteiger partial charge in [0.2, 0.25) is 0 Å². The van der Waals surface area contributed by atoms with Crippen molar-refractivity contribution >= 4 is 28.2 Å². The third kappa shape index (κ3) is 5.90. The van der Waals surface area contributed by atoms with Gasteiger partial charge in [-0.3, -0.25) is 0 Å². The number of amides is 1. The summed E-state index contributed by atoms with van der Waals surface area (Å²) in [4.78, 5) is 25.8. The average Bonchev–Trinajstić information content (AvgIpc) is 2.42. The van der Waals surface area contributed by atoms with Crippen molar-refractivity contribution < 1.29 is 23.8 Å². The van der Waals surface area contributed by atoms with Crippen LogP contribution < -0.4 is 4.74 Å². The predicted octanol–water partition coefficient (Wildman–Crippen LogP) is 5.06. The first-order chi connectivity index (χ1) is 11.8. The number of benzene rings is 1. The molecule has 0 bridgehead atoms. The van der Waals surface area contributed by atoms with Gasteiger partial charge in [-0.25, -0.2) is 9.59 Å². The van der Waals surface area contributed by atoms with E-state index in [2.05, 4.69) is 15.9 Å². The molecule has 1 amide bonds. The largest absolute Gasteiger partial charge is 0.514 e. The molecule has 0 saturated heterocycles. The third-order valence-corrected chi connectivity index (χ3v) is 4.21. The Bertz CT molecular complexity index is 703. The fraction of sp³-hybridized carbons (Fsp3) is 0.579. The molecule has 1 aromatic carbocycles. The first-order valence-electron chi connectivity index (χ1n) is 8.54. The summed E-state index contributed by atoms with van der Waals surface area (Å²) in [5.74, 6) is 0.413. The second-order valence-electron chi connectivity index (χ2n) is 8.26. The number of halogens is 1. The highest BCUT2D eigenvalue weighted by Crippen LogP contribution is 2.32. The van der Waals surface area contributed by atoms with E-state index in [0.717, 1.165) is 15.6 Å². The van der Waals surface area contributed by atoms with E-state index in [1.165, 1.54) is 0 Å². The van der Waals surface area contributed by atoms with Gasteiger partial charge in [-0.2, -0.15) is 0 Å². The lowest BCUT2D eigenvalue weighted by Crippen LogP contribution is -2.40. The molecule has 0 atom stereocenters. The van der Waals surface area contributed by atoms with Crippen LogP contribution >= 0.6 is 15.9 Å². The summed E-state index contributed by atoms with van der Waals surface area (Å²) >= 11 is 3.51. The lowest BCUT2D eigenvalue weighted by atomic mass is 10.00. The second kappa shape index (κ2) is 7.47. The highest BCUT2D eigenvalue weighted by atomic mass is 79.9. The van der Waals surface area contributed by atoms with Crippen LogP contribution in [0.1, 0.15) is 52.7 Å². The summed E-state index contributed by atoms with van der Waals surface area (Å²) < 4.78 is 16.7. The standard InChI is InChI=1S/C19H26BrNO5/c1-18(2,3)25-16(22)21-8-7-12-9-13(10-15(20)14(12)11-21)24-17(23)26-19(4,5)6/h9-10H,7-8,11H2,1-6H3. The number of nitrogens with zero attached hydrogens (tertiary/aromatic N) is 1. The molecule has 0 fully saturated rings. The van der Waals surface area contributed by atoms with Crippen LogP contribution in [0.4, 0.5) is 9.59 Å². The molecule has 1 heterocycles. The number of hydrogen-bond donors (Lipinski definition) is 0. The van der Waals surface area contributed by atoms with Crippen molar-refractivity contribution in [2.45, 2.75) is 65.7 Å². The third-order valence-electron chi connectivity index (χ3n) is 3.50. The van der Waals surface area contributed by atoms with E-state index in [0.29, 0.717) is 25.3 Å². The minimum absolute atomic E-state index is 0.330. The monoisotopic (exact) mass is 427 g/mol. The van der Waals surface area contributed by atoms with Crippen LogP contribution in [0.25, 0.3) is 0 Å². The first-order valence-corrected chi connectivity index (χ1v) is 9.33. The molecule has 0 aliphatic carbocycles. The molecule has 0 N–H and O–H groups in total. The van der Waals surface area contributed by atoms with Crippen LogP contribution in [0.3, 0.4) is 0 Å². The summed E-state index contributed by atoms with van der Waals surface area (Å²) in [5, 5.41) is 0. The van der Waals surface area contributed by atoms with Crippen molar-refractivity contribution in [2.75, 3.05) is 6.54 Å². The van der Waals surface area contributed by atoms with Crippen LogP contribution in [0.15, 0.2) is 16.6 Å². The van der Waals surface area contributed by atoms with E-state index in [4.69, 9.17) is 14.2 Å². The number of carbonyl (C=O) groups is 2. The van der Waals surface area contributed by atoms with Crippen molar-refractivity contribution in [1.82, 2.24) is 4.90 Å². The number of ether oxygens (including phenoxy) is 3. The lowest BCUT2D eigenvalue weighted by molar-refractivity contribution is 0.0205. The number of rotatable bonds is 1. The molecular formula is C19H26BrNO5. The van der Waals surface area contributed by atoms with Gasteiger partial charge in [-0.05, 0) is 71.2 Å². The zero-order valence-corrected chi connectivity index (χ0v) is 17.7. The van der Waals surface area contributed by atoms with Gasteiger partial charge >= 0.3 is 12.2 Å². The Kier molecular flexibility index (Phi) is 5.90. The molecule has 144 valence electrons. The number of fused-ring (bicyclic) bond motifs is 1. The van der Waals surface area contributed by atoms with Gasteiger partial charge in [-0.15, -0.1) is 0 Å². The highest BCUT2D eigenvalue weighted by Gasteiger charge is 2.27. The fourth-order valence-electron chi connectivity index (χ4n) is 2.50. The summed E-state index contributed by atoms with van der Waals surface area (Å²) in [6.45, 7) is 11.9. The van der Waals surface area contributed by atoms with Crippen molar-refractivity contribution in [1.29, 1.82) is 0 Å². The lowest BCUT2D eigenvalue weighted by Gasteiger charge is -2.32. The van der Waals surface area contributed by atoms with E-state index in [-0.39, 0.29) is 6.09 Å². The van der Waals surface area contributed by atoms with Crippen LogP contribution in [-0.2, 0) is 22.4 Å². The Morgan fingerprint density at radius 3 is 2.23 bits per heavy atom. The maximum Gasteiger partial charge on any atom is 0.514 e. The van der Waals surface area contributed by atoms with Crippen molar-refractivity contribution in [3.05, 3.63) is 27.7 Å². The molecule has 26 heavy (non-hydrogen) atoms. The van der Waals surface area contributed by atoms with E-state index < -0.39 is 17.4 Å². The SMILES string of the molecule is CC(C)(C)OC(=O)Oc1cc(Br)c2c(c1)CCN(C(=O)OC(C)(C)C)C2. The molecule has 0 saturated carbocycles. The van der Waals surface area contributed by atoms with Gasteiger partial charge in [0.25, 0.3) is 0 Å². The number of carbonyl (C=O) groups excluding carboxylic acids is 2. The molecule has 0 spiro atoms. The number of hydrogen-bond acceptors (Lipinski definition) is 5. The molecule has 1 aromatic rings. The van der Waals surface area contributed by atoms with Gasteiger partial charge in [0.15, 0.2) is 0 Å². The predicted molar refractivity (Wildman–Crippen MR) is 101 cm³/mol. The Morgan fingerprint density at radius 1 is 1.04 bits per heavy atom. The van der Waals surface area contributed by atoms with E-state index in [9.17, 15) is 9.59 Å². The Balaban J connectivity index is 2.11. The van der Waals surface area contributed by atoms with Gasteiger partial charge in [0.1, 0.15) is 17.0 Å². The summed E-state index contributed by atoms with van der Waals surface area (Å²) in [6.07, 6.45) is -0.418. The van der Waals surface area contributed by atoms with Crippen LogP contribution in [0, 0.1) is 0 Å². The molecular weight excluding hydrogens is 402 g/mol. The van der Waals surface area contributed by atoms with Gasteiger partial charge in [0.05, 0.1) is 6.54 Å². The molecule has 1 aliphatic rings. The Labute approximate surface area is 162 Å². The van der Waals surface area contributed by atoms with Gasteiger partial charge < -0.3 is 19.1 Å². The molecule has 1 aliphatic heterocycles. The van der Waals surface area contributed by atoms with E-state index in [1.807, 2.05) is 26.8 Å². The summed E-state index contributed by atoms with van der Waals surface area (Å²) in [7, 11) is 0. The van der Waals surface area contributed by atoms with Crippen molar-refractivity contribution in [2.24, 2.45) is 0 Å². The maximum atomic E-state index is 12.3. The van der Waals surface area contributed by atoms with Crippen LogP contribution in [0.5, 0.6) is 5.75 Å². The zero-order chi connectivity index (χ0) is 19.7. The molecule has 2 rings (SSSR count). The molecule has 0 radical (unpaired) electrons. The van der Waals surface area contributed by atoms with Gasteiger partial charge in [-0.1, -0.05) is 15.9 Å². The average molecular weight is 428 g/mol. The van der Waals surface area contributed by atoms with Crippen LogP contribution in [-0.4, -0.2) is 34.9 Å². The highest BCUT2D eigenvalue weighted by molar-refractivity contribution is 9.10. The van der Waals surface area contributed by atoms with Crippen LogP contribution in [0.2, 0.25) is 0 Å². The van der Waals surface area contributed by atoms with E-state index >= 15 is 0 Å². The minimum Gasteiger partial charge on any atom is -0.444 e. The molecule has 6 nitrogen and oxygen atoms in total. The van der Waals surface area contributed by atoms with Gasteiger partial charge in [0, 0.05) is 11.0 Å². The topological polar surface area (TPSA) is 65.1 Å².